The van der Waals surface area contributed by atoms with Gasteiger partial charge in [-0.15, -0.1) is 0 Å². The van der Waals surface area contributed by atoms with E-state index >= 15 is 0 Å². The average Bonchev–Trinajstić information content (AvgIpc) is 2.69. The minimum absolute atomic E-state index is 0.341. The zero-order valence-electron chi connectivity index (χ0n) is 15.8. The van der Waals surface area contributed by atoms with Gasteiger partial charge in [-0.1, -0.05) is 36.8 Å². The molecule has 1 atom stereocenters. The Labute approximate surface area is 169 Å². The van der Waals surface area contributed by atoms with E-state index < -0.39 is 14.6 Å². The van der Waals surface area contributed by atoms with E-state index in [0.29, 0.717) is 35.4 Å². The molecule has 2 heterocycles. The van der Waals surface area contributed by atoms with Crippen LogP contribution in [0.4, 0.5) is 10.5 Å². The smallest absolute Gasteiger partial charge is 0.319 e. The van der Waals surface area contributed by atoms with Gasteiger partial charge in [0.15, 0.2) is 9.84 Å². The largest absolute Gasteiger partial charge is 0.331 e. The van der Waals surface area contributed by atoms with E-state index in [0.717, 1.165) is 17.2 Å². The van der Waals surface area contributed by atoms with Crippen LogP contribution < -0.4 is 10.6 Å². The van der Waals surface area contributed by atoms with E-state index in [1.54, 1.807) is 30.6 Å². The van der Waals surface area contributed by atoms with Crippen molar-refractivity contribution in [2.75, 3.05) is 5.32 Å². The summed E-state index contributed by atoms with van der Waals surface area (Å²) in [6.07, 6.45) is 6.07. The maximum atomic E-state index is 13.1. The number of hydrogen-bond donors (Lipinski definition) is 2. The maximum Gasteiger partial charge on any atom is 0.319 e. The van der Waals surface area contributed by atoms with Crippen molar-refractivity contribution in [1.82, 2.24) is 10.3 Å². The molecule has 2 aromatic carbocycles. The molecular weight excluding hydrogens is 386 g/mol. The first kappa shape index (κ1) is 18.1. The van der Waals surface area contributed by atoms with Gasteiger partial charge in [0.1, 0.15) is 0 Å². The Balaban J connectivity index is 1.45. The van der Waals surface area contributed by atoms with Gasteiger partial charge in [0.25, 0.3) is 0 Å². The standard InChI is InChI=1S/C22H21N3O3S/c26-21(24-18-7-3-5-15-14-23-12-9-16(15)18)25-19-13-22(10-4-11-22)29(27,28)20-8-2-1-6-17(19)20/h1-3,5-9,12,14,19H,4,10-11,13H2,(H2,24,25,26). The van der Waals surface area contributed by atoms with Crippen LogP contribution in [0, 0.1) is 0 Å². The van der Waals surface area contributed by atoms with E-state index in [1.807, 2.05) is 30.3 Å². The topological polar surface area (TPSA) is 88.2 Å². The molecule has 1 aliphatic heterocycles. The molecular formula is C22H21N3O3S. The van der Waals surface area contributed by atoms with Crippen molar-refractivity contribution in [1.29, 1.82) is 0 Å². The molecule has 0 radical (unpaired) electrons. The number of urea groups is 1. The number of carbonyl (C=O) groups is 1. The van der Waals surface area contributed by atoms with Crippen molar-refractivity contribution in [3.63, 3.8) is 0 Å². The number of aromatic nitrogens is 1. The van der Waals surface area contributed by atoms with Gasteiger partial charge >= 0.3 is 6.03 Å². The van der Waals surface area contributed by atoms with Crippen LogP contribution in [0.2, 0.25) is 0 Å². The number of hydrogen-bond acceptors (Lipinski definition) is 4. The molecule has 6 nitrogen and oxygen atoms in total. The Hall–Kier alpha value is -2.93. The molecule has 1 unspecified atom stereocenters. The minimum Gasteiger partial charge on any atom is -0.331 e. The number of sulfone groups is 1. The number of benzene rings is 2. The van der Waals surface area contributed by atoms with Crippen LogP contribution in [0.3, 0.4) is 0 Å². The van der Waals surface area contributed by atoms with Crippen LogP contribution in [0.5, 0.6) is 0 Å². The van der Waals surface area contributed by atoms with Gasteiger partial charge in [-0.3, -0.25) is 4.98 Å². The lowest BCUT2D eigenvalue weighted by Gasteiger charge is -2.47. The minimum atomic E-state index is -3.38. The van der Waals surface area contributed by atoms with E-state index in [2.05, 4.69) is 15.6 Å². The molecule has 29 heavy (non-hydrogen) atoms. The highest BCUT2D eigenvalue weighted by molar-refractivity contribution is 7.93. The predicted molar refractivity (Wildman–Crippen MR) is 111 cm³/mol. The molecule has 0 bridgehead atoms. The number of nitrogens with zero attached hydrogens (tertiary/aromatic N) is 1. The van der Waals surface area contributed by atoms with Gasteiger partial charge in [-0.2, -0.15) is 0 Å². The normalized spacial score (nSPS) is 21.2. The van der Waals surface area contributed by atoms with Gasteiger partial charge in [-0.05, 0) is 43.0 Å². The van der Waals surface area contributed by atoms with Gasteiger partial charge in [0.2, 0.25) is 0 Å². The summed E-state index contributed by atoms with van der Waals surface area (Å²) >= 11 is 0. The molecule has 1 aliphatic carbocycles. The number of anilines is 1. The van der Waals surface area contributed by atoms with Crippen molar-refractivity contribution in [2.24, 2.45) is 0 Å². The summed E-state index contributed by atoms with van der Waals surface area (Å²) in [5, 5.41) is 7.78. The summed E-state index contributed by atoms with van der Waals surface area (Å²) in [4.78, 5) is 17.3. The van der Waals surface area contributed by atoms with Crippen LogP contribution in [0.1, 0.15) is 37.3 Å². The number of pyridine rings is 1. The van der Waals surface area contributed by atoms with Crippen molar-refractivity contribution in [3.05, 3.63) is 66.5 Å². The number of fused-ring (bicyclic) bond motifs is 2. The second-order valence-corrected chi connectivity index (χ2v) is 10.1. The van der Waals surface area contributed by atoms with E-state index in [9.17, 15) is 13.2 Å². The predicted octanol–water partition coefficient (Wildman–Crippen LogP) is 4.20. The van der Waals surface area contributed by atoms with E-state index in [-0.39, 0.29) is 12.1 Å². The average molecular weight is 407 g/mol. The molecule has 1 saturated carbocycles. The lowest BCUT2D eigenvalue weighted by atomic mass is 9.78. The number of amides is 2. The third kappa shape index (κ3) is 2.80. The molecule has 7 heteroatoms. The molecule has 5 rings (SSSR count). The Kier molecular flexibility index (Phi) is 4.10. The molecule has 1 spiro atoms. The Bertz CT molecular complexity index is 1210. The molecule has 2 amide bonds. The van der Waals surface area contributed by atoms with Crippen LogP contribution in [-0.4, -0.2) is 24.2 Å². The first-order valence-corrected chi connectivity index (χ1v) is 11.2. The third-order valence-corrected chi connectivity index (χ3v) is 8.90. The third-order valence-electron chi connectivity index (χ3n) is 6.23. The molecule has 2 aliphatic rings. The highest BCUT2D eigenvalue weighted by Crippen LogP contribution is 2.52. The summed E-state index contributed by atoms with van der Waals surface area (Å²) in [6.45, 7) is 0. The van der Waals surface area contributed by atoms with Crippen LogP contribution in [0.15, 0.2) is 65.8 Å². The van der Waals surface area contributed by atoms with Crippen LogP contribution >= 0.6 is 0 Å². The highest BCUT2D eigenvalue weighted by atomic mass is 32.2. The zero-order chi connectivity index (χ0) is 20.1. The SMILES string of the molecule is O=C(Nc1cccc2cnccc12)NC1CC2(CCC2)S(=O)(=O)c2ccccc21. The molecule has 148 valence electrons. The fraction of sp³-hybridized carbons (Fsp3) is 0.273. The summed E-state index contributed by atoms with van der Waals surface area (Å²) < 4.78 is 25.5. The van der Waals surface area contributed by atoms with Crippen LogP contribution in [-0.2, 0) is 9.84 Å². The maximum absolute atomic E-state index is 13.1. The molecule has 3 aromatic rings. The van der Waals surface area contributed by atoms with Crippen molar-refractivity contribution >= 4 is 32.3 Å². The Morgan fingerprint density at radius 3 is 2.69 bits per heavy atom. The summed E-state index contributed by atoms with van der Waals surface area (Å²) in [5.74, 6) is 0. The van der Waals surface area contributed by atoms with Crippen LogP contribution in [0.25, 0.3) is 10.8 Å². The Morgan fingerprint density at radius 2 is 1.90 bits per heavy atom. The highest BCUT2D eigenvalue weighted by Gasteiger charge is 2.54. The molecule has 1 fully saturated rings. The first-order chi connectivity index (χ1) is 14.0. The fourth-order valence-electron chi connectivity index (χ4n) is 4.56. The van der Waals surface area contributed by atoms with Gasteiger partial charge in [-0.25, -0.2) is 13.2 Å². The lowest BCUT2D eigenvalue weighted by Crippen LogP contribution is -2.52. The lowest BCUT2D eigenvalue weighted by molar-refractivity contribution is 0.237. The molecule has 1 aromatic heterocycles. The zero-order valence-corrected chi connectivity index (χ0v) is 16.6. The van der Waals surface area contributed by atoms with Gasteiger partial charge in [0, 0.05) is 23.2 Å². The Morgan fingerprint density at radius 1 is 1.07 bits per heavy atom. The van der Waals surface area contributed by atoms with Crippen molar-refractivity contribution in [3.8, 4) is 0 Å². The fourth-order valence-corrected chi connectivity index (χ4v) is 7.02. The summed E-state index contributed by atoms with van der Waals surface area (Å²) in [5.41, 5.74) is 1.36. The quantitative estimate of drug-likeness (QED) is 0.666. The van der Waals surface area contributed by atoms with Gasteiger partial charge in [0.05, 0.1) is 21.4 Å². The number of rotatable bonds is 2. The second kappa shape index (κ2) is 6.56. The van der Waals surface area contributed by atoms with Gasteiger partial charge < -0.3 is 10.6 Å². The monoisotopic (exact) mass is 407 g/mol. The number of carbonyl (C=O) groups excluding carboxylic acids is 1. The molecule has 0 saturated heterocycles. The van der Waals surface area contributed by atoms with E-state index in [4.69, 9.17) is 0 Å². The van der Waals surface area contributed by atoms with Crippen molar-refractivity contribution < 1.29 is 13.2 Å². The second-order valence-electron chi connectivity index (χ2n) is 7.84. The summed E-state index contributed by atoms with van der Waals surface area (Å²) in [6, 6.07) is 13.8. The molecule has 2 N–H and O–H groups in total. The number of nitrogens with one attached hydrogen (secondary N) is 2. The van der Waals surface area contributed by atoms with E-state index in [1.165, 1.54) is 0 Å². The summed E-state index contributed by atoms with van der Waals surface area (Å²) in [7, 11) is -3.38. The first-order valence-electron chi connectivity index (χ1n) is 9.74. The van der Waals surface area contributed by atoms with Crippen molar-refractivity contribution in [2.45, 2.75) is 41.4 Å².